The lowest BCUT2D eigenvalue weighted by atomic mass is 10.0. The molecular weight excluding hydrogens is 321 g/mol. The Morgan fingerprint density at radius 1 is 1.21 bits per heavy atom. The van der Waals surface area contributed by atoms with Gasteiger partial charge in [0.25, 0.3) is 0 Å². The summed E-state index contributed by atoms with van der Waals surface area (Å²) >= 11 is 0. The van der Waals surface area contributed by atoms with Crippen LogP contribution in [0, 0.1) is 0 Å². The Kier molecular flexibility index (Phi) is 5.38. The zero-order valence-corrected chi connectivity index (χ0v) is 13.2. The SMILES string of the molecule is CN(C)C(=O)C[C@H](Nc1nccc(C(F)(F)F)n1)c1ccccc1. The predicted molar refractivity (Wildman–Crippen MR) is 83.2 cm³/mol. The van der Waals surface area contributed by atoms with Gasteiger partial charge in [0.05, 0.1) is 12.5 Å². The molecule has 1 atom stereocenters. The first-order valence-corrected chi connectivity index (χ1v) is 7.19. The van der Waals surface area contributed by atoms with Gasteiger partial charge in [-0.1, -0.05) is 30.3 Å². The van der Waals surface area contributed by atoms with E-state index in [1.54, 1.807) is 38.4 Å². The second-order valence-electron chi connectivity index (χ2n) is 5.36. The summed E-state index contributed by atoms with van der Waals surface area (Å²) in [7, 11) is 3.23. The van der Waals surface area contributed by atoms with Gasteiger partial charge in [-0.25, -0.2) is 9.97 Å². The van der Waals surface area contributed by atoms with Crippen molar-refractivity contribution in [3.05, 3.63) is 53.9 Å². The normalized spacial score (nSPS) is 12.5. The Morgan fingerprint density at radius 3 is 2.46 bits per heavy atom. The molecule has 0 aliphatic carbocycles. The molecule has 8 heteroatoms. The van der Waals surface area contributed by atoms with Crippen LogP contribution in [-0.2, 0) is 11.0 Å². The number of rotatable bonds is 5. The molecule has 0 aliphatic heterocycles. The summed E-state index contributed by atoms with van der Waals surface area (Å²) < 4.78 is 38.3. The standard InChI is InChI=1S/C16H17F3N4O/c1-23(2)14(24)10-12(11-6-4-3-5-7-11)21-15-20-9-8-13(22-15)16(17,18)19/h3-9,12H,10H2,1-2H3,(H,20,21,22)/t12-/m0/s1. The fraction of sp³-hybridized carbons (Fsp3) is 0.312. The highest BCUT2D eigenvalue weighted by molar-refractivity contribution is 5.76. The van der Waals surface area contributed by atoms with E-state index in [1.165, 1.54) is 4.90 Å². The first-order valence-electron chi connectivity index (χ1n) is 7.19. The number of amides is 1. The number of carbonyl (C=O) groups excluding carboxylic acids is 1. The van der Waals surface area contributed by atoms with E-state index < -0.39 is 17.9 Å². The number of halogens is 3. The largest absolute Gasteiger partial charge is 0.433 e. The number of nitrogens with zero attached hydrogens (tertiary/aromatic N) is 3. The van der Waals surface area contributed by atoms with Crippen LogP contribution in [0.15, 0.2) is 42.6 Å². The molecule has 1 heterocycles. The third kappa shape index (κ3) is 4.68. The van der Waals surface area contributed by atoms with Gasteiger partial charge in [-0.3, -0.25) is 4.79 Å². The van der Waals surface area contributed by atoms with Crippen molar-refractivity contribution >= 4 is 11.9 Å². The smallest absolute Gasteiger partial charge is 0.349 e. The van der Waals surface area contributed by atoms with E-state index in [4.69, 9.17) is 0 Å². The monoisotopic (exact) mass is 338 g/mol. The molecule has 0 aliphatic rings. The molecule has 24 heavy (non-hydrogen) atoms. The Labute approximate surface area is 137 Å². The second-order valence-corrected chi connectivity index (χ2v) is 5.36. The number of hydrogen-bond acceptors (Lipinski definition) is 4. The molecule has 0 saturated carbocycles. The molecule has 1 N–H and O–H groups in total. The van der Waals surface area contributed by atoms with Crippen LogP contribution in [0.4, 0.5) is 19.1 Å². The zero-order valence-electron chi connectivity index (χ0n) is 13.2. The minimum Gasteiger partial charge on any atom is -0.349 e. The van der Waals surface area contributed by atoms with E-state index in [0.717, 1.165) is 17.8 Å². The minimum atomic E-state index is -4.55. The summed E-state index contributed by atoms with van der Waals surface area (Å²) in [6, 6.07) is 9.23. The zero-order chi connectivity index (χ0) is 17.7. The molecule has 1 amide bonds. The molecule has 1 aromatic heterocycles. The Morgan fingerprint density at radius 2 is 1.88 bits per heavy atom. The summed E-state index contributed by atoms with van der Waals surface area (Å²) in [6.45, 7) is 0. The number of aromatic nitrogens is 2. The van der Waals surface area contributed by atoms with Gasteiger partial charge in [-0.05, 0) is 11.6 Å². The van der Waals surface area contributed by atoms with Crippen molar-refractivity contribution in [2.75, 3.05) is 19.4 Å². The number of benzene rings is 1. The molecule has 0 saturated heterocycles. The summed E-state index contributed by atoms with van der Waals surface area (Å²) in [6.07, 6.45) is -3.45. The van der Waals surface area contributed by atoms with E-state index in [2.05, 4.69) is 15.3 Å². The van der Waals surface area contributed by atoms with Crippen LogP contribution in [0.25, 0.3) is 0 Å². The van der Waals surface area contributed by atoms with Gasteiger partial charge in [-0.2, -0.15) is 13.2 Å². The lowest BCUT2D eigenvalue weighted by Gasteiger charge is -2.21. The van der Waals surface area contributed by atoms with Crippen molar-refractivity contribution in [1.82, 2.24) is 14.9 Å². The lowest BCUT2D eigenvalue weighted by Crippen LogP contribution is -2.26. The highest BCUT2D eigenvalue weighted by atomic mass is 19.4. The van der Waals surface area contributed by atoms with Crippen LogP contribution in [0.5, 0.6) is 0 Å². The lowest BCUT2D eigenvalue weighted by molar-refractivity contribution is -0.141. The maximum absolute atomic E-state index is 12.8. The van der Waals surface area contributed by atoms with E-state index in [0.29, 0.717) is 0 Å². The van der Waals surface area contributed by atoms with Crippen LogP contribution >= 0.6 is 0 Å². The van der Waals surface area contributed by atoms with Crippen molar-refractivity contribution in [3.8, 4) is 0 Å². The van der Waals surface area contributed by atoms with Crippen LogP contribution in [-0.4, -0.2) is 34.9 Å². The summed E-state index contributed by atoms with van der Waals surface area (Å²) in [5.74, 6) is -0.339. The number of anilines is 1. The molecule has 1 aromatic carbocycles. The molecule has 128 valence electrons. The predicted octanol–water partition coefficient (Wildman–Crippen LogP) is 3.13. The number of carbonyl (C=O) groups is 1. The average Bonchev–Trinajstić information content (AvgIpc) is 2.54. The van der Waals surface area contributed by atoms with Gasteiger partial charge in [0.2, 0.25) is 11.9 Å². The van der Waals surface area contributed by atoms with Crippen LogP contribution in [0.3, 0.4) is 0 Å². The van der Waals surface area contributed by atoms with Crippen molar-refractivity contribution < 1.29 is 18.0 Å². The van der Waals surface area contributed by atoms with Crippen molar-refractivity contribution in [2.45, 2.75) is 18.6 Å². The number of alkyl halides is 3. The maximum Gasteiger partial charge on any atom is 0.433 e. The molecular formula is C16H17F3N4O. The molecule has 0 radical (unpaired) electrons. The van der Waals surface area contributed by atoms with Gasteiger partial charge in [0.1, 0.15) is 5.69 Å². The van der Waals surface area contributed by atoms with Crippen molar-refractivity contribution in [3.63, 3.8) is 0 Å². The molecule has 0 spiro atoms. The van der Waals surface area contributed by atoms with E-state index in [1.807, 2.05) is 6.07 Å². The fourth-order valence-electron chi connectivity index (χ4n) is 2.04. The molecule has 5 nitrogen and oxygen atoms in total. The van der Waals surface area contributed by atoms with Crippen molar-refractivity contribution in [1.29, 1.82) is 0 Å². The molecule has 2 aromatic rings. The highest BCUT2D eigenvalue weighted by Crippen LogP contribution is 2.28. The minimum absolute atomic E-state index is 0.0661. The average molecular weight is 338 g/mol. The number of nitrogens with one attached hydrogen (secondary N) is 1. The van der Waals surface area contributed by atoms with Gasteiger partial charge < -0.3 is 10.2 Å². The summed E-state index contributed by atoms with van der Waals surface area (Å²) in [4.78, 5) is 20.7. The third-order valence-corrected chi connectivity index (χ3v) is 3.33. The Bertz CT molecular complexity index is 689. The maximum atomic E-state index is 12.8. The summed E-state index contributed by atoms with van der Waals surface area (Å²) in [5.41, 5.74) is -0.278. The molecule has 0 fully saturated rings. The Balaban J connectivity index is 2.27. The van der Waals surface area contributed by atoms with Crippen LogP contribution in [0.2, 0.25) is 0 Å². The summed E-state index contributed by atoms with van der Waals surface area (Å²) in [5, 5.41) is 2.82. The first kappa shape index (κ1) is 17.7. The van der Waals surface area contributed by atoms with E-state index in [-0.39, 0.29) is 18.3 Å². The van der Waals surface area contributed by atoms with Gasteiger partial charge in [0, 0.05) is 20.3 Å². The highest BCUT2D eigenvalue weighted by Gasteiger charge is 2.33. The topological polar surface area (TPSA) is 58.1 Å². The van der Waals surface area contributed by atoms with Gasteiger partial charge >= 0.3 is 6.18 Å². The second kappa shape index (κ2) is 7.29. The first-order chi connectivity index (χ1) is 11.3. The van der Waals surface area contributed by atoms with Gasteiger partial charge in [0.15, 0.2) is 0 Å². The van der Waals surface area contributed by atoms with Gasteiger partial charge in [-0.15, -0.1) is 0 Å². The van der Waals surface area contributed by atoms with E-state index >= 15 is 0 Å². The molecule has 2 rings (SSSR count). The Hall–Kier alpha value is -2.64. The fourth-order valence-corrected chi connectivity index (χ4v) is 2.04. The van der Waals surface area contributed by atoms with E-state index in [9.17, 15) is 18.0 Å². The quantitative estimate of drug-likeness (QED) is 0.910. The van der Waals surface area contributed by atoms with Crippen LogP contribution in [0.1, 0.15) is 23.7 Å². The molecule has 0 unspecified atom stereocenters. The van der Waals surface area contributed by atoms with Crippen LogP contribution < -0.4 is 5.32 Å². The molecule has 0 bridgehead atoms. The number of hydrogen-bond donors (Lipinski definition) is 1. The third-order valence-electron chi connectivity index (χ3n) is 3.33. The van der Waals surface area contributed by atoms with Crippen molar-refractivity contribution in [2.24, 2.45) is 0 Å².